The first-order valence-corrected chi connectivity index (χ1v) is 9.21. The third kappa shape index (κ3) is 2.31. The third-order valence-corrected chi connectivity index (χ3v) is 5.76. The van der Waals surface area contributed by atoms with Crippen LogP contribution in [0.1, 0.15) is 5.69 Å². The Kier molecular flexibility index (Phi) is 3.25. The molecule has 8 nitrogen and oxygen atoms in total. The molecule has 0 bridgehead atoms. The van der Waals surface area contributed by atoms with E-state index in [9.17, 15) is 13.2 Å². The van der Waals surface area contributed by atoms with Gasteiger partial charge in [0, 0.05) is 17.6 Å². The lowest BCUT2D eigenvalue weighted by molar-refractivity contribution is 0.174. The highest BCUT2D eigenvalue weighted by atomic mass is 32.2. The van der Waals surface area contributed by atoms with E-state index in [1.807, 2.05) is 0 Å². The number of ether oxygens (including phenoxy) is 2. The summed E-state index contributed by atoms with van der Waals surface area (Å²) in [6.45, 7) is 1.58. The van der Waals surface area contributed by atoms with Crippen molar-refractivity contribution in [1.82, 2.24) is 9.38 Å². The van der Waals surface area contributed by atoms with Crippen LogP contribution in [-0.2, 0) is 10.0 Å². The van der Waals surface area contributed by atoms with Crippen LogP contribution in [0.15, 0.2) is 39.5 Å². The van der Waals surface area contributed by atoms with Crippen LogP contribution in [0, 0.1) is 6.92 Å². The molecular weight excluding hydrogens is 354 g/mol. The fourth-order valence-corrected chi connectivity index (χ4v) is 4.49. The lowest BCUT2D eigenvalue weighted by Gasteiger charge is -2.10. The molecule has 0 spiro atoms. The molecule has 0 saturated carbocycles. The summed E-state index contributed by atoms with van der Waals surface area (Å²) in [4.78, 5) is 16.7. The number of fused-ring (bicyclic) bond motifs is 2. The predicted molar refractivity (Wildman–Crippen MR) is 87.4 cm³/mol. The molecule has 2 aromatic heterocycles. The maximum Gasteiger partial charge on any atom is 0.279 e. The Morgan fingerprint density at radius 1 is 1.29 bits per heavy atom. The van der Waals surface area contributed by atoms with E-state index in [1.54, 1.807) is 11.4 Å². The summed E-state index contributed by atoms with van der Waals surface area (Å²) in [5.41, 5.74) is -0.212. The Labute approximate surface area is 140 Å². The van der Waals surface area contributed by atoms with Crippen LogP contribution in [0.3, 0.4) is 0 Å². The van der Waals surface area contributed by atoms with Crippen molar-refractivity contribution in [2.45, 2.75) is 11.8 Å². The number of aryl methyl sites for hydroxylation is 1. The number of rotatable bonds is 3. The van der Waals surface area contributed by atoms with Gasteiger partial charge in [0.25, 0.3) is 15.6 Å². The number of benzene rings is 1. The first kappa shape index (κ1) is 15.0. The van der Waals surface area contributed by atoms with Gasteiger partial charge in [-0.25, -0.2) is 13.4 Å². The fourth-order valence-electron chi connectivity index (χ4n) is 2.44. The second-order valence-corrected chi connectivity index (χ2v) is 7.55. The number of hydrogen-bond donors (Lipinski definition) is 1. The normalized spacial score (nSPS) is 13.4. The van der Waals surface area contributed by atoms with Crippen molar-refractivity contribution in [3.05, 3.63) is 45.8 Å². The zero-order valence-electron chi connectivity index (χ0n) is 12.3. The summed E-state index contributed by atoms with van der Waals surface area (Å²) in [5.74, 6) is 0.977. The number of sulfonamides is 1. The minimum atomic E-state index is -4.10. The second-order valence-electron chi connectivity index (χ2n) is 5.06. The quantitative estimate of drug-likeness (QED) is 0.757. The first-order chi connectivity index (χ1) is 11.5. The summed E-state index contributed by atoms with van der Waals surface area (Å²) in [7, 11) is -4.10. The number of nitrogens with zero attached hydrogens (tertiary/aromatic N) is 2. The van der Waals surface area contributed by atoms with Gasteiger partial charge < -0.3 is 9.47 Å². The minimum Gasteiger partial charge on any atom is -0.454 e. The van der Waals surface area contributed by atoms with E-state index < -0.39 is 15.6 Å². The van der Waals surface area contributed by atoms with E-state index in [2.05, 4.69) is 9.71 Å². The van der Waals surface area contributed by atoms with Crippen LogP contribution in [-0.4, -0.2) is 24.6 Å². The predicted octanol–water partition coefficient (Wildman–Crippen LogP) is 1.59. The SMILES string of the molecule is Cc1nc2sccn2c(=O)c1S(=O)(=O)Nc1ccc2c(c1)OCO2. The van der Waals surface area contributed by atoms with E-state index >= 15 is 0 Å². The van der Waals surface area contributed by atoms with Crippen LogP contribution < -0.4 is 19.8 Å². The Morgan fingerprint density at radius 3 is 2.92 bits per heavy atom. The molecule has 3 heterocycles. The molecule has 0 atom stereocenters. The van der Waals surface area contributed by atoms with Gasteiger partial charge in [-0.05, 0) is 19.1 Å². The average molecular weight is 365 g/mol. The van der Waals surface area contributed by atoms with Gasteiger partial charge in [-0.1, -0.05) is 0 Å². The van der Waals surface area contributed by atoms with Gasteiger partial charge in [0.2, 0.25) is 6.79 Å². The first-order valence-electron chi connectivity index (χ1n) is 6.85. The highest BCUT2D eigenvalue weighted by Gasteiger charge is 2.25. The molecule has 0 aliphatic carbocycles. The van der Waals surface area contributed by atoms with Crippen molar-refractivity contribution in [1.29, 1.82) is 0 Å². The Hall–Kier alpha value is -2.59. The largest absolute Gasteiger partial charge is 0.454 e. The van der Waals surface area contributed by atoms with Gasteiger partial charge in [0.1, 0.15) is 0 Å². The summed E-state index contributed by atoms with van der Waals surface area (Å²) in [5, 5.41) is 1.67. The molecule has 0 radical (unpaired) electrons. The van der Waals surface area contributed by atoms with E-state index in [1.165, 1.54) is 41.0 Å². The number of hydrogen-bond acceptors (Lipinski definition) is 7. The summed E-state index contributed by atoms with van der Waals surface area (Å²) < 4.78 is 39.4. The fraction of sp³-hybridized carbons (Fsp3) is 0.143. The van der Waals surface area contributed by atoms with Gasteiger partial charge in [-0.3, -0.25) is 13.9 Å². The Balaban J connectivity index is 1.79. The van der Waals surface area contributed by atoms with E-state index in [0.717, 1.165) is 0 Å². The van der Waals surface area contributed by atoms with Gasteiger partial charge in [-0.15, -0.1) is 11.3 Å². The van der Waals surface area contributed by atoms with Gasteiger partial charge in [0.15, 0.2) is 21.4 Å². The lowest BCUT2D eigenvalue weighted by atomic mass is 10.3. The molecule has 3 aromatic rings. The van der Waals surface area contributed by atoms with E-state index in [4.69, 9.17) is 9.47 Å². The van der Waals surface area contributed by atoms with Gasteiger partial charge >= 0.3 is 0 Å². The highest BCUT2D eigenvalue weighted by Crippen LogP contribution is 2.34. The minimum absolute atomic E-state index is 0.0880. The zero-order chi connectivity index (χ0) is 16.9. The van der Waals surface area contributed by atoms with E-state index in [-0.39, 0.29) is 23.1 Å². The molecule has 0 saturated heterocycles. The third-order valence-electron chi connectivity index (χ3n) is 3.49. The molecule has 124 valence electrons. The molecule has 4 rings (SSSR count). The van der Waals surface area contributed by atoms with Crippen LogP contribution in [0.4, 0.5) is 5.69 Å². The molecular formula is C14H11N3O5S2. The number of anilines is 1. The molecule has 0 unspecified atom stereocenters. The Bertz CT molecular complexity index is 1120. The molecule has 1 N–H and O–H groups in total. The summed E-state index contributed by atoms with van der Waals surface area (Å²) >= 11 is 1.26. The standard InChI is InChI=1S/C14H11N3O5S2/c1-8-12(13(18)17-4-5-23-14(17)15-8)24(19,20)16-9-2-3-10-11(6-9)22-7-21-10/h2-6,16H,7H2,1H3. The second kappa shape index (κ2) is 5.21. The van der Waals surface area contributed by atoms with Crippen LogP contribution >= 0.6 is 11.3 Å². The van der Waals surface area contributed by atoms with Crippen molar-refractivity contribution >= 4 is 32.0 Å². The Morgan fingerprint density at radius 2 is 2.08 bits per heavy atom. The number of thiazole rings is 1. The highest BCUT2D eigenvalue weighted by molar-refractivity contribution is 7.92. The van der Waals surface area contributed by atoms with Crippen molar-refractivity contribution in [3.63, 3.8) is 0 Å². The summed E-state index contributed by atoms with van der Waals surface area (Å²) in [6.07, 6.45) is 1.49. The molecule has 0 amide bonds. The topological polar surface area (TPSA) is 99.0 Å². The van der Waals surface area contributed by atoms with Crippen molar-refractivity contribution in [2.24, 2.45) is 0 Å². The van der Waals surface area contributed by atoms with Crippen LogP contribution in [0.2, 0.25) is 0 Å². The smallest absolute Gasteiger partial charge is 0.279 e. The monoisotopic (exact) mass is 365 g/mol. The van der Waals surface area contributed by atoms with E-state index in [0.29, 0.717) is 16.5 Å². The molecule has 1 aliphatic heterocycles. The van der Waals surface area contributed by atoms with Gasteiger partial charge in [-0.2, -0.15) is 0 Å². The molecule has 1 aromatic carbocycles. The molecule has 1 aliphatic rings. The summed E-state index contributed by atoms with van der Waals surface area (Å²) in [6, 6.07) is 4.64. The molecule has 10 heteroatoms. The maximum atomic E-state index is 12.7. The lowest BCUT2D eigenvalue weighted by Crippen LogP contribution is -2.27. The van der Waals surface area contributed by atoms with Crippen LogP contribution in [0.5, 0.6) is 11.5 Å². The molecule has 24 heavy (non-hydrogen) atoms. The van der Waals surface area contributed by atoms with Crippen LogP contribution in [0.25, 0.3) is 4.96 Å². The number of nitrogens with one attached hydrogen (secondary N) is 1. The van der Waals surface area contributed by atoms with Crippen molar-refractivity contribution in [2.75, 3.05) is 11.5 Å². The van der Waals surface area contributed by atoms with Crippen molar-refractivity contribution in [3.8, 4) is 11.5 Å². The van der Waals surface area contributed by atoms with Gasteiger partial charge in [0.05, 0.1) is 11.4 Å². The molecule has 0 fully saturated rings. The average Bonchev–Trinajstić information content (AvgIpc) is 3.14. The number of aromatic nitrogens is 2. The zero-order valence-corrected chi connectivity index (χ0v) is 14.0. The van der Waals surface area contributed by atoms with Crippen molar-refractivity contribution < 1.29 is 17.9 Å². The maximum absolute atomic E-state index is 12.7.